The Bertz CT molecular complexity index is 411. The number of imidazole rings is 1. The molecule has 0 saturated heterocycles. The minimum atomic E-state index is 0.404. The summed E-state index contributed by atoms with van der Waals surface area (Å²) in [7, 11) is 2.10. The van der Waals surface area contributed by atoms with E-state index in [4.69, 9.17) is 4.74 Å². The quantitative estimate of drug-likeness (QED) is 0.796. The zero-order valence-corrected chi connectivity index (χ0v) is 11.4. The first kappa shape index (κ1) is 12.2. The molecule has 18 heavy (non-hydrogen) atoms. The van der Waals surface area contributed by atoms with Crippen LogP contribution in [0.15, 0.2) is 6.33 Å². The lowest BCUT2D eigenvalue weighted by molar-refractivity contribution is 0.0536. The third-order valence-electron chi connectivity index (χ3n) is 4.12. The predicted octanol–water partition coefficient (Wildman–Crippen LogP) is 1.77. The lowest BCUT2D eigenvalue weighted by Gasteiger charge is -2.35. The number of nitrogens with zero attached hydrogens (tertiary/aromatic N) is 3. The number of ether oxygens (including phenoxy) is 1. The molecule has 0 radical (unpaired) electrons. The summed E-state index contributed by atoms with van der Waals surface area (Å²) in [6, 6.07) is 0.404. The fourth-order valence-corrected chi connectivity index (χ4v) is 2.95. The Balaban J connectivity index is 1.81. The van der Waals surface area contributed by atoms with Crippen LogP contribution < -0.4 is 0 Å². The fourth-order valence-electron chi connectivity index (χ4n) is 2.95. The fraction of sp³-hybridized carbons (Fsp3) is 0.786. The van der Waals surface area contributed by atoms with Gasteiger partial charge in [0.05, 0.1) is 30.4 Å². The smallest absolute Gasteiger partial charge is 0.0949 e. The van der Waals surface area contributed by atoms with Gasteiger partial charge in [0.25, 0.3) is 0 Å². The lowest BCUT2D eigenvalue weighted by atomic mass is 10.0. The Labute approximate surface area is 109 Å². The van der Waals surface area contributed by atoms with E-state index in [1.807, 2.05) is 6.33 Å². The molecule has 1 aliphatic carbocycles. The van der Waals surface area contributed by atoms with E-state index in [0.717, 1.165) is 32.1 Å². The van der Waals surface area contributed by atoms with Crippen LogP contribution in [0, 0.1) is 5.92 Å². The van der Waals surface area contributed by atoms with Gasteiger partial charge in [-0.3, -0.25) is 4.90 Å². The standard InChI is InChI=1S/C14H23N3O/c1-3-18-9-13-14-12(15-10-16(14)2)6-7-17(13)8-11-4-5-11/h10-11,13H,3-9H2,1-2H3. The molecule has 4 heteroatoms. The van der Waals surface area contributed by atoms with E-state index in [0.29, 0.717) is 6.04 Å². The van der Waals surface area contributed by atoms with E-state index in [1.54, 1.807) is 0 Å². The molecule has 1 saturated carbocycles. The van der Waals surface area contributed by atoms with E-state index in [9.17, 15) is 0 Å². The number of aryl methyl sites for hydroxylation is 1. The van der Waals surface area contributed by atoms with E-state index in [1.165, 1.54) is 30.8 Å². The van der Waals surface area contributed by atoms with Crippen molar-refractivity contribution in [3.63, 3.8) is 0 Å². The lowest BCUT2D eigenvalue weighted by Crippen LogP contribution is -2.40. The largest absolute Gasteiger partial charge is 0.380 e. The summed E-state index contributed by atoms with van der Waals surface area (Å²) in [4.78, 5) is 7.13. The molecule has 0 spiro atoms. The number of hydrogen-bond acceptors (Lipinski definition) is 3. The molecule has 4 nitrogen and oxygen atoms in total. The highest BCUT2D eigenvalue weighted by Gasteiger charge is 2.34. The Hall–Kier alpha value is -0.870. The van der Waals surface area contributed by atoms with Crippen molar-refractivity contribution in [3.8, 4) is 0 Å². The maximum Gasteiger partial charge on any atom is 0.0949 e. The highest BCUT2D eigenvalue weighted by Crippen LogP contribution is 2.35. The summed E-state index contributed by atoms with van der Waals surface area (Å²) in [5, 5.41) is 0. The zero-order valence-electron chi connectivity index (χ0n) is 11.4. The first-order chi connectivity index (χ1) is 8.79. The predicted molar refractivity (Wildman–Crippen MR) is 70.4 cm³/mol. The topological polar surface area (TPSA) is 30.3 Å². The monoisotopic (exact) mass is 249 g/mol. The van der Waals surface area contributed by atoms with Gasteiger partial charge >= 0.3 is 0 Å². The minimum Gasteiger partial charge on any atom is -0.380 e. The van der Waals surface area contributed by atoms with Crippen LogP contribution in [-0.2, 0) is 18.2 Å². The second-order valence-electron chi connectivity index (χ2n) is 5.55. The van der Waals surface area contributed by atoms with Crippen molar-refractivity contribution in [3.05, 3.63) is 17.7 Å². The molecule has 1 unspecified atom stereocenters. The van der Waals surface area contributed by atoms with Crippen molar-refractivity contribution in [1.29, 1.82) is 0 Å². The molecule has 1 aliphatic heterocycles. The number of rotatable bonds is 5. The average Bonchev–Trinajstić information content (AvgIpc) is 3.11. The van der Waals surface area contributed by atoms with Gasteiger partial charge in [-0.25, -0.2) is 4.98 Å². The van der Waals surface area contributed by atoms with Crippen molar-refractivity contribution < 1.29 is 4.74 Å². The molecule has 2 heterocycles. The highest BCUT2D eigenvalue weighted by atomic mass is 16.5. The number of aromatic nitrogens is 2. The first-order valence-electron chi connectivity index (χ1n) is 7.11. The minimum absolute atomic E-state index is 0.404. The Morgan fingerprint density at radius 1 is 1.44 bits per heavy atom. The summed E-state index contributed by atoms with van der Waals surface area (Å²) in [5.74, 6) is 0.934. The van der Waals surface area contributed by atoms with Gasteiger partial charge in [-0.15, -0.1) is 0 Å². The summed E-state index contributed by atoms with van der Waals surface area (Å²) in [6.45, 7) is 6.04. The molecule has 1 aromatic heterocycles. The van der Waals surface area contributed by atoms with E-state index in [-0.39, 0.29) is 0 Å². The summed E-state index contributed by atoms with van der Waals surface area (Å²) in [6.07, 6.45) is 5.86. The number of hydrogen-bond donors (Lipinski definition) is 0. The normalized spacial score (nSPS) is 24.2. The van der Waals surface area contributed by atoms with Gasteiger partial charge in [-0.1, -0.05) is 0 Å². The van der Waals surface area contributed by atoms with Crippen LogP contribution in [0.5, 0.6) is 0 Å². The zero-order chi connectivity index (χ0) is 12.5. The van der Waals surface area contributed by atoms with Crippen molar-refractivity contribution in [2.45, 2.75) is 32.2 Å². The van der Waals surface area contributed by atoms with E-state index < -0.39 is 0 Å². The van der Waals surface area contributed by atoms with Crippen LogP contribution in [0.2, 0.25) is 0 Å². The Morgan fingerprint density at radius 3 is 3.00 bits per heavy atom. The van der Waals surface area contributed by atoms with Crippen LogP contribution >= 0.6 is 0 Å². The molecule has 3 rings (SSSR count). The molecular formula is C14H23N3O. The van der Waals surface area contributed by atoms with Crippen LogP contribution in [0.4, 0.5) is 0 Å². The second kappa shape index (κ2) is 5.02. The molecular weight excluding hydrogens is 226 g/mol. The summed E-state index contributed by atoms with van der Waals surface area (Å²) in [5.41, 5.74) is 2.64. The molecule has 0 bridgehead atoms. The van der Waals surface area contributed by atoms with Gasteiger partial charge in [0.2, 0.25) is 0 Å². The molecule has 1 atom stereocenters. The van der Waals surface area contributed by atoms with Crippen LogP contribution in [0.1, 0.15) is 37.2 Å². The summed E-state index contributed by atoms with van der Waals surface area (Å²) < 4.78 is 7.88. The maximum absolute atomic E-state index is 5.70. The molecule has 0 N–H and O–H groups in total. The van der Waals surface area contributed by atoms with Gasteiger partial charge in [0.1, 0.15) is 0 Å². The van der Waals surface area contributed by atoms with Gasteiger partial charge in [0.15, 0.2) is 0 Å². The van der Waals surface area contributed by atoms with Gasteiger partial charge < -0.3 is 9.30 Å². The summed E-state index contributed by atoms with van der Waals surface area (Å²) >= 11 is 0. The molecule has 1 aromatic rings. The van der Waals surface area contributed by atoms with Crippen molar-refractivity contribution in [2.24, 2.45) is 13.0 Å². The Kier molecular flexibility index (Phi) is 3.39. The highest BCUT2D eigenvalue weighted by molar-refractivity contribution is 5.21. The third kappa shape index (κ3) is 2.31. The van der Waals surface area contributed by atoms with Crippen molar-refractivity contribution >= 4 is 0 Å². The van der Waals surface area contributed by atoms with Crippen molar-refractivity contribution in [2.75, 3.05) is 26.3 Å². The molecule has 1 fully saturated rings. The molecule has 100 valence electrons. The third-order valence-corrected chi connectivity index (χ3v) is 4.12. The number of fused-ring (bicyclic) bond motifs is 1. The Morgan fingerprint density at radius 2 is 2.28 bits per heavy atom. The van der Waals surface area contributed by atoms with Crippen molar-refractivity contribution in [1.82, 2.24) is 14.5 Å². The van der Waals surface area contributed by atoms with E-state index in [2.05, 4.69) is 28.4 Å². The second-order valence-corrected chi connectivity index (χ2v) is 5.55. The molecule has 0 aromatic carbocycles. The maximum atomic E-state index is 5.70. The SMILES string of the molecule is CCOCC1c2c(ncn2C)CCN1CC1CC1. The average molecular weight is 249 g/mol. The van der Waals surface area contributed by atoms with Gasteiger partial charge in [-0.05, 0) is 25.7 Å². The molecule has 2 aliphatic rings. The van der Waals surface area contributed by atoms with Crippen LogP contribution in [0.25, 0.3) is 0 Å². The van der Waals surface area contributed by atoms with Crippen LogP contribution in [-0.4, -0.2) is 40.8 Å². The first-order valence-corrected chi connectivity index (χ1v) is 7.11. The van der Waals surface area contributed by atoms with E-state index >= 15 is 0 Å². The molecule has 0 amide bonds. The van der Waals surface area contributed by atoms with Gasteiger partial charge in [-0.2, -0.15) is 0 Å². The van der Waals surface area contributed by atoms with Crippen LogP contribution in [0.3, 0.4) is 0 Å². The van der Waals surface area contributed by atoms with Gasteiger partial charge in [0, 0.05) is 33.2 Å².